The van der Waals surface area contributed by atoms with E-state index in [9.17, 15) is 14.4 Å². The van der Waals surface area contributed by atoms with Gasteiger partial charge in [0, 0.05) is 38.3 Å². The van der Waals surface area contributed by atoms with Gasteiger partial charge in [-0.2, -0.15) is 0 Å². The molecule has 0 saturated heterocycles. The highest BCUT2D eigenvalue weighted by Crippen LogP contribution is 2.14. The largest absolute Gasteiger partial charge is 0.359 e. The van der Waals surface area contributed by atoms with Crippen LogP contribution in [0.4, 0.5) is 0 Å². The first-order valence-electron chi connectivity index (χ1n) is 7.97. The molecule has 2 rings (SSSR count). The van der Waals surface area contributed by atoms with Crippen LogP contribution < -0.4 is 10.9 Å². The smallest absolute Gasteiger partial charge is 0.264 e. The van der Waals surface area contributed by atoms with Gasteiger partial charge in [0.05, 0.1) is 0 Å². The number of H-pyrrole nitrogens is 1. The minimum Gasteiger partial charge on any atom is -0.359 e. The van der Waals surface area contributed by atoms with Gasteiger partial charge >= 0.3 is 0 Å². The molecule has 0 saturated carbocycles. The summed E-state index contributed by atoms with van der Waals surface area (Å²) >= 11 is 0. The molecule has 25 heavy (non-hydrogen) atoms. The van der Waals surface area contributed by atoms with Crippen molar-refractivity contribution in [3.8, 4) is 11.4 Å². The Morgan fingerprint density at radius 3 is 2.48 bits per heavy atom. The standard InChI is InChI=1S/C18H22N4O3/c1-11-5-7-13(8-6-11)16-20-10-14(17(24)21-16)18(25)22(4)12(2)9-15(23)19-3/h5-8,10,12H,9H2,1-4H3,(H,19,23)(H,20,21,24)/t12-/m0/s1. The fourth-order valence-corrected chi connectivity index (χ4v) is 2.30. The molecule has 2 N–H and O–H groups in total. The van der Waals surface area contributed by atoms with Crippen molar-refractivity contribution in [1.29, 1.82) is 0 Å². The van der Waals surface area contributed by atoms with Crippen LogP contribution in [0.3, 0.4) is 0 Å². The summed E-state index contributed by atoms with van der Waals surface area (Å²) in [5.41, 5.74) is 1.31. The number of hydrogen-bond donors (Lipinski definition) is 2. The highest BCUT2D eigenvalue weighted by Gasteiger charge is 2.22. The van der Waals surface area contributed by atoms with Crippen molar-refractivity contribution < 1.29 is 9.59 Å². The molecule has 1 aromatic carbocycles. The molecule has 0 aliphatic carbocycles. The predicted molar refractivity (Wildman–Crippen MR) is 95.3 cm³/mol. The van der Waals surface area contributed by atoms with E-state index in [1.54, 1.807) is 14.0 Å². The summed E-state index contributed by atoms with van der Waals surface area (Å²) in [4.78, 5) is 44.5. The van der Waals surface area contributed by atoms with E-state index >= 15 is 0 Å². The zero-order valence-corrected chi connectivity index (χ0v) is 14.8. The van der Waals surface area contributed by atoms with E-state index in [0.717, 1.165) is 11.1 Å². The average molecular weight is 342 g/mol. The maximum atomic E-state index is 12.5. The Labute approximate surface area is 146 Å². The number of rotatable bonds is 5. The van der Waals surface area contributed by atoms with Crippen molar-refractivity contribution in [3.63, 3.8) is 0 Å². The SMILES string of the molecule is CNC(=O)C[C@H](C)N(C)C(=O)c1cnc(-c2ccc(C)cc2)[nH]c1=O. The molecule has 2 amide bonds. The van der Waals surface area contributed by atoms with Gasteiger partial charge in [-0.05, 0) is 13.8 Å². The number of hydrogen-bond acceptors (Lipinski definition) is 4. The van der Waals surface area contributed by atoms with Crippen molar-refractivity contribution in [2.75, 3.05) is 14.1 Å². The molecule has 0 unspecified atom stereocenters. The van der Waals surface area contributed by atoms with E-state index in [-0.39, 0.29) is 23.9 Å². The van der Waals surface area contributed by atoms with Gasteiger partial charge in [-0.25, -0.2) is 4.98 Å². The molecule has 7 heteroatoms. The minimum atomic E-state index is -0.505. The third-order valence-corrected chi connectivity index (χ3v) is 4.10. The molecular formula is C18H22N4O3. The Morgan fingerprint density at radius 2 is 1.92 bits per heavy atom. The lowest BCUT2D eigenvalue weighted by molar-refractivity contribution is -0.121. The Morgan fingerprint density at radius 1 is 1.28 bits per heavy atom. The van der Waals surface area contributed by atoms with Gasteiger partial charge in [0.25, 0.3) is 11.5 Å². The molecule has 7 nitrogen and oxygen atoms in total. The zero-order chi connectivity index (χ0) is 18.6. The lowest BCUT2D eigenvalue weighted by atomic mass is 10.1. The molecule has 0 bridgehead atoms. The van der Waals surface area contributed by atoms with Crippen LogP contribution in [0.1, 0.15) is 29.3 Å². The molecule has 1 heterocycles. The molecule has 1 atom stereocenters. The molecular weight excluding hydrogens is 320 g/mol. The van der Waals surface area contributed by atoms with E-state index in [4.69, 9.17) is 0 Å². The second-order valence-electron chi connectivity index (χ2n) is 5.98. The van der Waals surface area contributed by atoms with Crippen molar-refractivity contribution in [2.24, 2.45) is 0 Å². The lowest BCUT2D eigenvalue weighted by Gasteiger charge is -2.24. The quantitative estimate of drug-likeness (QED) is 0.857. The monoisotopic (exact) mass is 342 g/mol. The van der Waals surface area contributed by atoms with Crippen LogP contribution in [0.15, 0.2) is 35.3 Å². The van der Waals surface area contributed by atoms with Gasteiger partial charge in [0.2, 0.25) is 5.91 Å². The van der Waals surface area contributed by atoms with Gasteiger partial charge in [-0.15, -0.1) is 0 Å². The summed E-state index contributed by atoms with van der Waals surface area (Å²) in [5, 5.41) is 2.51. The first-order chi connectivity index (χ1) is 11.8. The lowest BCUT2D eigenvalue weighted by Crippen LogP contribution is -2.40. The Hall–Kier alpha value is -2.96. The van der Waals surface area contributed by atoms with Crippen LogP contribution in [0.5, 0.6) is 0 Å². The van der Waals surface area contributed by atoms with Gasteiger partial charge in [-0.1, -0.05) is 29.8 Å². The van der Waals surface area contributed by atoms with Crippen molar-refractivity contribution in [2.45, 2.75) is 26.3 Å². The summed E-state index contributed by atoms with van der Waals surface area (Å²) in [7, 11) is 3.10. The Bertz CT molecular complexity index is 827. The number of nitrogens with zero attached hydrogens (tertiary/aromatic N) is 2. The third-order valence-electron chi connectivity index (χ3n) is 4.10. The van der Waals surface area contributed by atoms with Gasteiger partial charge < -0.3 is 15.2 Å². The molecule has 0 fully saturated rings. The van der Waals surface area contributed by atoms with Crippen LogP contribution in [0.25, 0.3) is 11.4 Å². The van der Waals surface area contributed by atoms with Crippen LogP contribution >= 0.6 is 0 Å². The summed E-state index contributed by atoms with van der Waals surface area (Å²) < 4.78 is 0. The Kier molecular flexibility index (Phi) is 5.69. The fourth-order valence-electron chi connectivity index (χ4n) is 2.30. The first-order valence-corrected chi connectivity index (χ1v) is 7.97. The molecule has 0 spiro atoms. The van der Waals surface area contributed by atoms with Crippen LogP contribution in [-0.4, -0.2) is 46.8 Å². The van der Waals surface area contributed by atoms with Gasteiger partial charge in [0.15, 0.2) is 0 Å². The molecule has 1 aromatic heterocycles. The zero-order valence-electron chi connectivity index (χ0n) is 14.8. The fraction of sp³-hybridized carbons (Fsp3) is 0.333. The van der Waals surface area contributed by atoms with Crippen LogP contribution in [0, 0.1) is 6.92 Å². The number of benzene rings is 1. The Balaban J connectivity index is 2.22. The number of carbonyl (C=O) groups excluding carboxylic acids is 2. The van der Waals surface area contributed by atoms with Gasteiger partial charge in [-0.3, -0.25) is 14.4 Å². The second kappa shape index (κ2) is 7.74. The van der Waals surface area contributed by atoms with Crippen molar-refractivity contribution in [1.82, 2.24) is 20.2 Å². The van der Waals surface area contributed by atoms with E-state index in [0.29, 0.717) is 5.82 Å². The van der Waals surface area contributed by atoms with E-state index in [2.05, 4.69) is 15.3 Å². The predicted octanol–water partition coefficient (Wildman–Crippen LogP) is 1.34. The average Bonchev–Trinajstić information content (AvgIpc) is 2.60. The summed E-state index contributed by atoms with van der Waals surface area (Å²) in [6, 6.07) is 7.20. The molecule has 2 aromatic rings. The number of amides is 2. The summed E-state index contributed by atoms with van der Waals surface area (Å²) in [6.45, 7) is 3.72. The van der Waals surface area contributed by atoms with Crippen LogP contribution in [0.2, 0.25) is 0 Å². The number of aromatic nitrogens is 2. The summed E-state index contributed by atoms with van der Waals surface area (Å²) in [6.07, 6.45) is 1.44. The number of aromatic amines is 1. The molecule has 132 valence electrons. The maximum absolute atomic E-state index is 12.5. The maximum Gasteiger partial charge on any atom is 0.264 e. The molecule has 0 aliphatic rings. The normalized spacial score (nSPS) is 11.7. The minimum absolute atomic E-state index is 0.0536. The van der Waals surface area contributed by atoms with Gasteiger partial charge in [0.1, 0.15) is 11.4 Å². The van der Waals surface area contributed by atoms with Crippen molar-refractivity contribution in [3.05, 3.63) is 51.9 Å². The topological polar surface area (TPSA) is 95.2 Å². The second-order valence-corrected chi connectivity index (χ2v) is 5.98. The number of aryl methyl sites for hydroxylation is 1. The van der Waals surface area contributed by atoms with E-state index in [1.165, 1.54) is 18.1 Å². The third kappa shape index (κ3) is 4.32. The van der Waals surface area contributed by atoms with Crippen molar-refractivity contribution >= 4 is 11.8 Å². The number of carbonyl (C=O) groups is 2. The molecule has 0 aliphatic heterocycles. The highest BCUT2D eigenvalue weighted by molar-refractivity contribution is 5.94. The van der Waals surface area contributed by atoms with E-state index < -0.39 is 11.5 Å². The molecule has 0 radical (unpaired) electrons. The number of nitrogens with one attached hydrogen (secondary N) is 2. The van der Waals surface area contributed by atoms with Crippen LogP contribution in [-0.2, 0) is 4.79 Å². The van der Waals surface area contributed by atoms with E-state index in [1.807, 2.05) is 31.2 Å². The first kappa shape index (κ1) is 18.4. The summed E-state index contributed by atoms with van der Waals surface area (Å²) in [5.74, 6) is -0.239. The highest BCUT2D eigenvalue weighted by atomic mass is 16.2.